The summed E-state index contributed by atoms with van der Waals surface area (Å²) in [4.78, 5) is 2.39. The van der Waals surface area contributed by atoms with Crippen molar-refractivity contribution in [3.63, 3.8) is 0 Å². The van der Waals surface area contributed by atoms with Crippen LogP contribution in [-0.2, 0) is 9.84 Å². The second-order valence-electron chi connectivity index (χ2n) is 7.67. The predicted octanol–water partition coefficient (Wildman–Crippen LogP) is 1.91. The van der Waals surface area contributed by atoms with Crippen molar-refractivity contribution in [2.45, 2.75) is 52.5 Å². The third-order valence-electron chi connectivity index (χ3n) is 5.07. The molecule has 1 aliphatic carbocycles. The molecule has 2 atom stereocenters. The van der Waals surface area contributed by atoms with E-state index in [0.717, 1.165) is 32.1 Å². The molecule has 1 N–H and O–H groups in total. The summed E-state index contributed by atoms with van der Waals surface area (Å²) in [6, 6.07) is 0.515. The number of rotatable bonds is 5. The lowest BCUT2D eigenvalue weighted by Gasteiger charge is -2.44. The first kappa shape index (κ1) is 17.2. The van der Waals surface area contributed by atoms with Gasteiger partial charge in [-0.1, -0.05) is 33.6 Å². The molecule has 21 heavy (non-hydrogen) atoms. The summed E-state index contributed by atoms with van der Waals surface area (Å²) in [6.07, 6.45) is 5.21. The van der Waals surface area contributed by atoms with E-state index in [9.17, 15) is 8.42 Å². The van der Waals surface area contributed by atoms with Crippen LogP contribution in [0.4, 0.5) is 0 Å². The fourth-order valence-corrected chi connectivity index (χ4v) is 5.21. The summed E-state index contributed by atoms with van der Waals surface area (Å²) >= 11 is 0. The van der Waals surface area contributed by atoms with Gasteiger partial charge in [-0.3, -0.25) is 0 Å². The zero-order chi connectivity index (χ0) is 15.5. The van der Waals surface area contributed by atoms with Gasteiger partial charge in [-0.15, -0.1) is 0 Å². The molecular formula is C16H32N2O2S. The summed E-state index contributed by atoms with van der Waals surface area (Å²) in [5.74, 6) is 1.48. The van der Waals surface area contributed by atoms with Gasteiger partial charge in [0.2, 0.25) is 0 Å². The predicted molar refractivity (Wildman–Crippen MR) is 88.3 cm³/mol. The molecule has 1 saturated carbocycles. The molecule has 0 amide bonds. The monoisotopic (exact) mass is 316 g/mol. The highest BCUT2D eigenvalue weighted by atomic mass is 32.2. The molecule has 0 spiro atoms. The summed E-state index contributed by atoms with van der Waals surface area (Å²) in [5.41, 5.74) is 0.336. The van der Waals surface area contributed by atoms with Crippen LogP contribution in [-0.4, -0.2) is 57.0 Å². The SMILES string of the molecule is CC1CCCC(CNC(C)C)(CN2CCS(=O)(=O)CC2)C1. The molecule has 5 heteroatoms. The third-order valence-corrected chi connectivity index (χ3v) is 6.68. The number of sulfone groups is 1. The van der Waals surface area contributed by atoms with Crippen LogP contribution in [0.5, 0.6) is 0 Å². The van der Waals surface area contributed by atoms with Gasteiger partial charge >= 0.3 is 0 Å². The maximum absolute atomic E-state index is 11.6. The summed E-state index contributed by atoms with van der Waals surface area (Å²) in [7, 11) is -2.77. The van der Waals surface area contributed by atoms with E-state index in [-0.39, 0.29) is 0 Å². The van der Waals surface area contributed by atoms with E-state index >= 15 is 0 Å². The second-order valence-corrected chi connectivity index (χ2v) is 9.97. The van der Waals surface area contributed by atoms with E-state index in [1.807, 2.05) is 0 Å². The second kappa shape index (κ2) is 6.97. The van der Waals surface area contributed by atoms with Gasteiger partial charge in [-0.2, -0.15) is 0 Å². The van der Waals surface area contributed by atoms with Gasteiger partial charge in [0.25, 0.3) is 0 Å². The molecule has 1 heterocycles. The average Bonchev–Trinajstić information content (AvgIpc) is 2.39. The van der Waals surface area contributed by atoms with Crippen LogP contribution in [0.1, 0.15) is 46.5 Å². The molecular weight excluding hydrogens is 284 g/mol. The highest BCUT2D eigenvalue weighted by molar-refractivity contribution is 7.91. The number of hydrogen-bond donors (Lipinski definition) is 1. The minimum atomic E-state index is -2.77. The minimum Gasteiger partial charge on any atom is -0.314 e. The van der Waals surface area contributed by atoms with Crippen molar-refractivity contribution in [2.24, 2.45) is 11.3 Å². The summed E-state index contributed by atoms with van der Waals surface area (Å²) in [5, 5.41) is 3.64. The first-order chi connectivity index (χ1) is 9.80. The Balaban J connectivity index is 1.98. The molecule has 124 valence electrons. The molecule has 1 aliphatic heterocycles. The van der Waals surface area contributed by atoms with Crippen molar-refractivity contribution in [2.75, 3.05) is 37.7 Å². The van der Waals surface area contributed by atoms with Gasteiger partial charge in [-0.05, 0) is 24.2 Å². The van der Waals surface area contributed by atoms with Gasteiger partial charge in [0, 0.05) is 32.2 Å². The first-order valence-corrected chi connectivity index (χ1v) is 10.3. The Bertz CT molecular complexity index is 422. The Morgan fingerprint density at radius 1 is 1.29 bits per heavy atom. The molecule has 4 nitrogen and oxygen atoms in total. The Kier molecular flexibility index (Phi) is 5.71. The van der Waals surface area contributed by atoms with E-state index < -0.39 is 9.84 Å². The van der Waals surface area contributed by atoms with Crippen LogP contribution < -0.4 is 5.32 Å². The Morgan fingerprint density at radius 2 is 1.95 bits per heavy atom. The van der Waals surface area contributed by atoms with Crippen LogP contribution in [0.15, 0.2) is 0 Å². The smallest absolute Gasteiger partial charge is 0.152 e. The lowest BCUT2D eigenvalue weighted by Crippen LogP contribution is -2.51. The van der Waals surface area contributed by atoms with Crippen molar-refractivity contribution >= 4 is 9.84 Å². The fraction of sp³-hybridized carbons (Fsp3) is 1.00. The van der Waals surface area contributed by atoms with Crippen LogP contribution in [0.2, 0.25) is 0 Å². The van der Waals surface area contributed by atoms with Crippen LogP contribution in [0.3, 0.4) is 0 Å². The first-order valence-electron chi connectivity index (χ1n) is 8.46. The van der Waals surface area contributed by atoms with Crippen LogP contribution in [0, 0.1) is 11.3 Å². The van der Waals surface area contributed by atoms with E-state index in [1.165, 1.54) is 25.7 Å². The highest BCUT2D eigenvalue weighted by Crippen LogP contribution is 2.40. The summed E-state index contributed by atoms with van der Waals surface area (Å²) in [6.45, 7) is 10.3. The molecule has 1 saturated heterocycles. The number of nitrogens with zero attached hydrogens (tertiary/aromatic N) is 1. The molecule has 0 bridgehead atoms. The van der Waals surface area contributed by atoms with Crippen molar-refractivity contribution < 1.29 is 8.42 Å². The normalized spacial score (nSPS) is 34.2. The average molecular weight is 317 g/mol. The molecule has 2 rings (SSSR count). The standard InChI is InChI=1S/C16H32N2O2S/c1-14(2)17-12-16(6-4-5-15(3)11-16)13-18-7-9-21(19,20)10-8-18/h14-15,17H,4-13H2,1-3H3. The van der Waals surface area contributed by atoms with E-state index in [4.69, 9.17) is 0 Å². The van der Waals surface area contributed by atoms with E-state index in [0.29, 0.717) is 23.0 Å². The Hall–Kier alpha value is -0.130. The minimum absolute atomic E-state index is 0.336. The Labute approximate surface area is 130 Å². The third kappa shape index (κ3) is 5.22. The maximum atomic E-state index is 11.6. The van der Waals surface area contributed by atoms with Gasteiger partial charge in [0.15, 0.2) is 9.84 Å². The molecule has 2 fully saturated rings. The highest BCUT2D eigenvalue weighted by Gasteiger charge is 2.37. The van der Waals surface area contributed by atoms with Crippen molar-refractivity contribution in [3.05, 3.63) is 0 Å². The van der Waals surface area contributed by atoms with Crippen LogP contribution in [0.25, 0.3) is 0 Å². The van der Waals surface area contributed by atoms with Crippen molar-refractivity contribution in [1.82, 2.24) is 10.2 Å². The fourth-order valence-electron chi connectivity index (χ4n) is 3.93. The molecule has 0 aromatic heterocycles. The molecule has 0 aromatic rings. The Morgan fingerprint density at radius 3 is 2.52 bits per heavy atom. The number of nitrogens with one attached hydrogen (secondary N) is 1. The van der Waals surface area contributed by atoms with E-state index in [1.54, 1.807) is 0 Å². The van der Waals surface area contributed by atoms with E-state index in [2.05, 4.69) is 31.0 Å². The molecule has 0 aromatic carbocycles. The number of hydrogen-bond acceptors (Lipinski definition) is 4. The van der Waals surface area contributed by atoms with Crippen molar-refractivity contribution in [1.29, 1.82) is 0 Å². The van der Waals surface area contributed by atoms with Gasteiger partial charge in [-0.25, -0.2) is 8.42 Å². The lowest BCUT2D eigenvalue weighted by molar-refractivity contribution is 0.0819. The molecule has 2 aliphatic rings. The maximum Gasteiger partial charge on any atom is 0.152 e. The zero-order valence-corrected chi connectivity index (χ0v) is 14.7. The lowest BCUT2D eigenvalue weighted by atomic mass is 9.69. The topological polar surface area (TPSA) is 49.4 Å². The van der Waals surface area contributed by atoms with Gasteiger partial charge < -0.3 is 10.2 Å². The largest absolute Gasteiger partial charge is 0.314 e. The summed E-state index contributed by atoms with van der Waals surface area (Å²) < 4.78 is 23.2. The zero-order valence-electron chi connectivity index (χ0n) is 13.9. The van der Waals surface area contributed by atoms with Gasteiger partial charge in [0.05, 0.1) is 11.5 Å². The molecule has 0 radical (unpaired) electrons. The van der Waals surface area contributed by atoms with Gasteiger partial charge in [0.1, 0.15) is 0 Å². The quantitative estimate of drug-likeness (QED) is 0.842. The van der Waals surface area contributed by atoms with Crippen molar-refractivity contribution in [3.8, 4) is 0 Å². The molecule has 2 unspecified atom stereocenters. The van der Waals surface area contributed by atoms with Crippen LogP contribution >= 0.6 is 0 Å².